The van der Waals surface area contributed by atoms with E-state index in [1.165, 1.54) is 0 Å². The number of rotatable bonds is 4. The van der Waals surface area contributed by atoms with Crippen LogP contribution in [0.2, 0.25) is 5.02 Å². The molecule has 0 saturated carbocycles. The minimum atomic E-state index is -0.763. The van der Waals surface area contributed by atoms with Gasteiger partial charge in [-0.25, -0.2) is 0 Å². The molecule has 1 atom stereocenters. The van der Waals surface area contributed by atoms with E-state index in [4.69, 9.17) is 11.6 Å². The third-order valence-corrected chi connectivity index (χ3v) is 4.37. The van der Waals surface area contributed by atoms with Crippen LogP contribution in [0.15, 0.2) is 0 Å². The van der Waals surface area contributed by atoms with Gasteiger partial charge in [-0.1, -0.05) is 18.5 Å². The van der Waals surface area contributed by atoms with E-state index in [-0.39, 0.29) is 0 Å². The molecular weight excluding hydrogens is 266 g/mol. The number of carboxylic acids is 1. The van der Waals surface area contributed by atoms with Crippen LogP contribution in [0, 0.1) is 5.41 Å². The molecule has 1 aromatic rings. The SMILES string of the molecule is CCc1nn(C)c(CC2(C(=O)O)CCCNC2)c1Cl. The molecule has 0 bridgehead atoms. The summed E-state index contributed by atoms with van der Waals surface area (Å²) in [5.74, 6) is -0.755. The summed E-state index contributed by atoms with van der Waals surface area (Å²) in [6, 6.07) is 0. The minimum absolute atomic E-state index is 0.428. The van der Waals surface area contributed by atoms with E-state index in [2.05, 4.69) is 10.4 Å². The van der Waals surface area contributed by atoms with Crippen molar-refractivity contribution in [1.82, 2.24) is 15.1 Å². The van der Waals surface area contributed by atoms with Crippen molar-refractivity contribution in [3.05, 3.63) is 16.4 Å². The summed E-state index contributed by atoms with van der Waals surface area (Å²) >= 11 is 6.32. The number of aryl methyl sites for hydroxylation is 2. The largest absolute Gasteiger partial charge is 0.481 e. The Hall–Kier alpha value is -1.07. The van der Waals surface area contributed by atoms with Gasteiger partial charge < -0.3 is 10.4 Å². The van der Waals surface area contributed by atoms with Crippen LogP contribution in [0.4, 0.5) is 0 Å². The van der Waals surface area contributed by atoms with Crippen molar-refractivity contribution < 1.29 is 9.90 Å². The van der Waals surface area contributed by atoms with Gasteiger partial charge in [0.1, 0.15) is 0 Å². The second-order valence-electron chi connectivity index (χ2n) is 5.23. The summed E-state index contributed by atoms with van der Waals surface area (Å²) in [6.07, 6.45) is 2.74. The number of carboxylic acid groups (broad SMARTS) is 1. The normalized spacial score (nSPS) is 23.5. The van der Waals surface area contributed by atoms with E-state index in [9.17, 15) is 9.90 Å². The lowest BCUT2D eigenvalue weighted by Crippen LogP contribution is -2.47. The van der Waals surface area contributed by atoms with Crippen LogP contribution in [0.5, 0.6) is 0 Å². The predicted octanol–water partition coefficient (Wildman–Crippen LogP) is 1.63. The number of piperidine rings is 1. The zero-order chi connectivity index (χ0) is 14.0. The molecule has 2 N–H and O–H groups in total. The maximum absolute atomic E-state index is 11.7. The molecule has 1 fully saturated rings. The van der Waals surface area contributed by atoms with Gasteiger partial charge in [0.15, 0.2) is 0 Å². The summed E-state index contributed by atoms with van der Waals surface area (Å²) in [7, 11) is 1.83. The quantitative estimate of drug-likeness (QED) is 0.882. The molecule has 5 nitrogen and oxygen atoms in total. The first-order chi connectivity index (χ1) is 9.00. The van der Waals surface area contributed by atoms with Crippen LogP contribution in [-0.4, -0.2) is 33.9 Å². The fourth-order valence-electron chi connectivity index (χ4n) is 2.71. The molecule has 19 heavy (non-hydrogen) atoms. The first kappa shape index (κ1) is 14.3. The highest BCUT2D eigenvalue weighted by atomic mass is 35.5. The zero-order valence-corrected chi connectivity index (χ0v) is 12.1. The summed E-state index contributed by atoms with van der Waals surface area (Å²) in [5.41, 5.74) is 0.897. The molecule has 1 aromatic heterocycles. The van der Waals surface area contributed by atoms with Gasteiger partial charge in [-0.15, -0.1) is 0 Å². The van der Waals surface area contributed by atoms with Gasteiger partial charge in [0.25, 0.3) is 0 Å². The minimum Gasteiger partial charge on any atom is -0.481 e. The van der Waals surface area contributed by atoms with E-state index in [0.717, 1.165) is 30.8 Å². The number of aromatic nitrogens is 2. The molecule has 0 aromatic carbocycles. The molecule has 1 saturated heterocycles. The fraction of sp³-hybridized carbons (Fsp3) is 0.692. The van der Waals surface area contributed by atoms with Crippen LogP contribution in [0.3, 0.4) is 0 Å². The van der Waals surface area contributed by atoms with E-state index < -0.39 is 11.4 Å². The van der Waals surface area contributed by atoms with Crippen LogP contribution in [-0.2, 0) is 24.7 Å². The van der Waals surface area contributed by atoms with Crippen LogP contribution in [0.25, 0.3) is 0 Å². The van der Waals surface area contributed by atoms with Crippen molar-refractivity contribution in [2.45, 2.75) is 32.6 Å². The van der Waals surface area contributed by atoms with E-state index in [1.807, 2.05) is 14.0 Å². The average Bonchev–Trinajstić information content (AvgIpc) is 2.67. The summed E-state index contributed by atoms with van der Waals surface area (Å²) < 4.78 is 1.72. The number of hydrogen-bond acceptors (Lipinski definition) is 3. The Balaban J connectivity index is 2.32. The Morgan fingerprint density at radius 2 is 2.37 bits per heavy atom. The number of hydrogen-bond donors (Lipinski definition) is 2. The van der Waals surface area contributed by atoms with Crippen molar-refractivity contribution >= 4 is 17.6 Å². The standard InChI is InChI=1S/C13H20ClN3O2/c1-3-9-11(14)10(17(2)16-9)7-13(12(18)19)5-4-6-15-8-13/h15H,3-8H2,1-2H3,(H,18,19). The van der Waals surface area contributed by atoms with Gasteiger partial charge in [-0.3, -0.25) is 9.48 Å². The lowest BCUT2D eigenvalue weighted by molar-refractivity contribution is -0.150. The summed E-state index contributed by atoms with van der Waals surface area (Å²) in [4.78, 5) is 11.7. The monoisotopic (exact) mass is 285 g/mol. The predicted molar refractivity (Wildman–Crippen MR) is 73.5 cm³/mol. The van der Waals surface area contributed by atoms with E-state index in [0.29, 0.717) is 24.4 Å². The lowest BCUT2D eigenvalue weighted by atomic mass is 9.77. The molecule has 0 radical (unpaired) electrons. The fourth-order valence-corrected chi connectivity index (χ4v) is 3.07. The smallest absolute Gasteiger partial charge is 0.311 e. The zero-order valence-electron chi connectivity index (χ0n) is 11.4. The molecule has 1 aliphatic heterocycles. The molecule has 2 rings (SSSR count). The average molecular weight is 286 g/mol. The van der Waals surface area contributed by atoms with Gasteiger partial charge in [0, 0.05) is 20.0 Å². The van der Waals surface area contributed by atoms with E-state index in [1.54, 1.807) is 4.68 Å². The number of aliphatic carboxylic acids is 1. The maximum Gasteiger partial charge on any atom is 0.311 e. The van der Waals surface area contributed by atoms with Gasteiger partial charge in [0.2, 0.25) is 0 Å². The molecular formula is C13H20ClN3O2. The van der Waals surface area contributed by atoms with Crippen molar-refractivity contribution in [2.75, 3.05) is 13.1 Å². The topological polar surface area (TPSA) is 67.2 Å². The number of nitrogens with zero attached hydrogens (tertiary/aromatic N) is 2. The molecule has 1 unspecified atom stereocenters. The molecule has 2 heterocycles. The van der Waals surface area contributed by atoms with Gasteiger partial charge in [-0.2, -0.15) is 5.10 Å². The Labute approximate surface area is 117 Å². The third kappa shape index (κ3) is 2.62. The highest BCUT2D eigenvalue weighted by molar-refractivity contribution is 6.31. The maximum atomic E-state index is 11.7. The van der Waals surface area contributed by atoms with Crippen molar-refractivity contribution in [1.29, 1.82) is 0 Å². The van der Waals surface area contributed by atoms with Crippen LogP contribution >= 0.6 is 11.6 Å². The first-order valence-corrected chi connectivity index (χ1v) is 7.02. The summed E-state index contributed by atoms with van der Waals surface area (Å²) in [6.45, 7) is 3.37. The van der Waals surface area contributed by atoms with Crippen molar-refractivity contribution in [3.63, 3.8) is 0 Å². The van der Waals surface area contributed by atoms with Crippen molar-refractivity contribution in [2.24, 2.45) is 12.5 Å². The Morgan fingerprint density at radius 1 is 1.63 bits per heavy atom. The van der Waals surface area contributed by atoms with Gasteiger partial charge in [0.05, 0.1) is 21.8 Å². The Kier molecular flexibility index (Phi) is 4.16. The molecule has 106 valence electrons. The highest BCUT2D eigenvalue weighted by Gasteiger charge is 2.41. The molecule has 6 heteroatoms. The van der Waals surface area contributed by atoms with Crippen LogP contribution in [0.1, 0.15) is 31.2 Å². The Bertz CT molecular complexity index is 478. The molecule has 0 amide bonds. The molecule has 1 aliphatic rings. The van der Waals surface area contributed by atoms with Crippen LogP contribution < -0.4 is 5.32 Å². The number of carbonyl (C=O) groups is 1. The third-order valence-electron chi connectivity index (χ3n) is 3.93. The van der Waals surface area contributed by atoms with Gasteiger partial charge >= 0.3 is 5.97 Å². The van der Waals surface area contributed by atoms with E-state index >= 15 is 0 Å². The second-order valence-corrected chi connectivity index (χ2v) is 5.61. The molecule has 0 spiro atoms. The van der Waals surface area contributed by atoms with Crippen molar-refractivity contribution in [3.8, 4) is 0 Å². The first-order valence-electron chi connectivity index (χ1n) is 6.64. The lowest BCUT2D eigenvalue weighted by Gasteiger charge is -2.33. The van der Waals surface area contributed by atoms with Gasteiger partial charge in [-0.05, 0) is 25.8 Å². The number of halogens is 1. The highest BCUT2D eigenvalue weighted by Crippen LogP contribution is 2.34. The summed E-state index contributed by atoms with van der Waals surface area (Å²) in [5, 5.41) is 17.7. The number of nitrogens with one attached hydrogen (secondary N) is 1. The Morgan fingerprint density at radius 3 is 2.84 bits per heavy atom. The second kappa shape index (κ2) is 5.51. The molecule has 0 aliphatic carbocycles.